The fourth-order valence-corrected chi connectivity index (χ4v) is 2.31. The van der Waals surface area contributed by atoms with Crippen LogP contribution in [0.3, 0.4) is 0 Å². The third-order valence-corrected chi connectivity index (χ3v) is 3.04. The van der Waals surface area contributed by atoms with Crippen LogP contribution in [0.2, 0.25) is 0 Å². The van der Waals surface area contributed by atoms with Crippen LogP contribution in [0, 0.1) is 13.8 Å². The van der Waals surface area contributed by atoms with E-state index < -0.39 is 0 Å². The van der Waals surface area contributed by atoms with Gasteiger partial charge in [-0.2, -0.15) is 0 Å². The predicted molar refractivity (Wildman–Crippen MR) is 57.6 cm³/mol. The van der Waals surface area contributed by atoms with Crippen molar-refractivity contribution < 1.29 is 0 Å². The van der Waals surface area contributed by atoms with E-state index in [1.165, 1.54) is 4.70 Å². The maximum Gasteiger partial charge on any atom is 0.184 e. The Hall–Kier alpha value is -1.15. The SMILES string of the molecule is Cc1cc2ccsc2cc(C)c1=O. The van der Waals surface area contributed by atoms with Gasteiger partial charge in [0.05, 0.1) is 0 Å². The Balaban J connectivity index is 3.02. The highest BCUT2D eigenvalue weighted by Gasteiger charge is 1.99. The first-order valence-electron chi connectivity index (χ1n) is 4.17. The molecule has 2 rings (SSSR count). The molecule has 1 aromatic heterocycles. The minimum absolute atomic E-state index is 0.156. The summed E-state index contributed by atoms with van der Waals surface area (Å²) in [7, 11) is 0. The molecule has 0 saturated carbocycles. The zero-order chi connectivity index (χ0) is 9.42. The minimum Gasteiger partial charge on any atom is -0.289 e. The van der Waals surface area contributed by atoms with Gasteiger partial charge in [0.25, 0.3) is 0 Å². The molecule has 0 radical (unpaired) electrons. The van der Waals surface area contributed by atoms with Crippen LogP contribution in [0.4, 0.5) is 0 Å². The lowest BCUT2D eigenvalue weighted by atomic mass is 10.2. The zero-order valence-electron chi connectivity index (χ0n) is 7.63. The van der Waals surface area contributed by atoms with Crippen molar-refractivity contribution in [1.29, 1.82) is 0 Å². The fourth-order valence-electron chi connectivity index (χ4n) is 1.44. The van der Waals surface area contributed by atoms with Gasteiger partial charge in [0.15, 0.2) is 5.43 Å². The minimum atomic E-state index is 0.156. The zero-order valence-corrected chi connectivity index (χ0v) is 8.44. The molecular weight excluding hydrogens is 180 g/mol. The van der Waals surface area contributed by atoms with Gasteiger partial charge in [-0.25, -0.2) is 0 Å². The third-order valence-electron chi connectivity index (χ3n) is 2.16. The second-order valence-electron chi connectivity index (χ2n) is 3.22. The molecule has 2 aromatic rings. The third kappa shape index (κ3) is 1.38. The molecule has 0 unspecified atom stereocenters. The van der Waals surface area contributed by atoms with E-state index in [9.17, 15) is 4.79 Å². The number of rotatable bonds is 0. The van der Waals surface area contributed by atoms with Crippen molar-refractivity contribution >= 4 is 21.4 Å². The van der Waals surface area contributed by atoms with E-state index >= 15 is 0 Å². The first kappa shape index (κ1) is 8.45. The van der Waals surface area contributed by atoms with Crippen LogP contribution in [-0.4, -0.2) is 0 Å². The molecule has 0 bridgehead atoms. The monoisotopic (exact) mass is 190 g/mol. The Labute approximate surface area is 80.7 Å². The molecule has 0 N–H and O–H groups in total. The first-order valence-corrected chi connectivity index (χ1v) is 5.05. The van der Waals surface area contributed by atoms with Crippen molar-refractivity contribution in [3.63, 3.8) is 0 Å². The van der Waals surface area contributed by atoms with E-state index in [0.717, 1.165) is 16.5 Å². The van der Waals surface area contributed by atoms with Crippen LogP contribution >= 0.6 is 11.3 Å². The molecule has 0 amide bonds. The van der Waals surface area contributed by atoms with E-state index in [4.69, 9.17) is 0 Å². The molecule has 0 aliphatic carbocycles. The molecule has 66 valence electrons. The summed E-state index contributed by atoms with van der Waals surface area (Å²) < 4.78 is 1.18. The van der Waals surface area contributed by atoms with E-state index in [0.29, 0.717) is 0 Å². The fraction of sp³-hybridized carbons (Fsp3) is 0.182. The molecule has 0 fully saturated rings. The van der Waals surface area contributed by atoms with Gasteiger partial charge in [-0.15, -0.1) is 11.3 Å². The van der Waals surface area contributed by atoms with Crippen LogP contribution in [0.15, 0.2) is 28.4 Å². The van der Waals surface area contributed by atoms with Crippen LogP contribution < -0.4 is 5.43 Å². The van der Waals surface area contributed by atoms with Crippen molar-refractivity contribution in [2.45, 2.75) is 13.8 Å². The van der Waals surface area contributed by atoms with Crippen LogP contribution in [0.25, 0.3) is 10.1 Å². The second-order valence-corrected chi connectivity index (χ2v) is 4.17. The summed E-state index contributed by atoms with van der Waals surface area (Å²) >= 11 is 1.67. The quantitative estimate of drug-likeness (QED) is 0.624. The summed E-state index contributed by atoms with van der Waals surface area (Å²) in [6, 6.07) is 5.97. The molecule has 0 aliphatic rings. The Bertz CT molecular complexity index is 468. The summed E-state index contributed by atoms with van der Waals surface area (Å²) in [5, 5.41) is 3.21. The highest BCUT2D eigenvalue weighted by atomic mass is 32.1. The van der Waals surface area contributed by atoms with Crippen LogP contribution in [-0.2, 0) is 0 Å². The smallest absolute Gasteiger partial charge is 0.184 e. The molecule has 0 saturated heterocycles. The summed E-state index contributed by atoms with van der Waals surface area (Å²) in [5.74, 6) is 0. The summed E-state index contributed by atoms with van der Waals surface area (Å²) in [6.07, 6.45) is 0. The average molecular weight is 190 g/mol. The van der Waals surface area contributed by atoms with Crippen LogP contribution in [0.5, 0.6) is 0 Å². The molecular formula is C11H10OS. The van der Waals surface area contributed by atoms with E-state index in [1.807, 2.05) is 37.4 Å². The van der Waals surface area contributed by atoms with Gasteiger partial charge in [0, 0.05) is 4.70 Å². The molecule has 0 aliphatic heterocycles. The van der Waals surface area contributed by atoms with Gasteiger partial charge in [-0.1, -0.05) is 0 Å². The lowest BCUT2D eigenvalue weighted by molar-refractivity contribution is 1.35. The molecule has 1 nitrogen and oxygen atoms in total. The van der Waals surface area contributed by atoms with E-state index in [-0.39, 0.29) is 5.43 Å². The summed E-state index contributed by atoms with van der Waals surface area (Å²) in [6.45, 7) is 3.74. The van der Waals surface area contributed by atoms with Crippen LogP contribution in [0.1, 0.15) is 11.1 Å². The Morgan fingerprint density at radius 1 is 1.15 bits per heavy atom. The first-order chi connectivity index (χ1) is 6.18. The Morgan fingerprint density at radius 2 is 1.85 bits per heavy atom. The van der Waals surface area contributed by atoms with Gasteiger partial charge < -0.3 is 0 Å². The standard InChI is InChI=1S/C11H10OS/c1-7-5-9-3-4-13-10(9)6-8(2)11(7)12/h3-6H,1-2H3. The lowest BCUT2D eigenvalue weighted by Crippen LogP contribution is -2.03. The molecule has 1 aromatic carbocycles. The van der Waals surface area contributed by atoms with Gasteiger partial charge in [0.2, 0.25) is 0 Å². The molecule has 0 atom stereocenters. The molecule has 1 heterocycles. The predicted octanol–water partition coefficient (Wildman–Crippen LogP) is 2.88. The van der Waals surface area contributed by atoms with Crippen molar-refractivity contribution in [2.24, 2.45) is 0 Å². The Kier molecular flexibility index (Phi) is 1.93. The average Bonchev–Trinajstić information content (AvgIpc) is 2.47. The van der Waals surface area contributed by atoms with Gasteiger partial charge in [-0.05, 0) is 53.9 Å². The summed E-state index contributed by atoms with van der Waals surface area (Å²) in [5.41, 5.74) is 1.81. The van der Waals surface area contributed by atoms with Gasteiger partial charge in [-0.3, -0.25) is 4.79 Å². The number of fused-ring (bicyclic) bond motifs is 1. The number of aryl methyl sites for hydroxylation is 2. The topological polar surface area (TPSA) is 17.1 Å². The number of thiophene rings is 1. The van der Waals surface area contributed by atoms with E-state index in [2.05, 4.69) is 0 Å². The number of hydrogen-bond acceptors (Lipinski definition) is 2. The maximum absolute atomic E-state index is 11.6. The van der Waals surface area contributed by atoms with Crippen molar-refractivity contribution in [3.8, 4) is 0 Å². The van der Waals surface area contributed by atoms with Gasteiger partial charge in [0.1, 0.15) is 0 Å². The van der Waals surface area contributed by atoms with Gasteiger partial charge >= 0.3 is 0 Å². The highest BCUT2D eigenvalue weighted by Crippen LogP contribution is 2.19. The largest absolute Gasteiger partial charge is 0.289 e. The number of hydrogen-bond donors (Lipinski definition) is 0. The Morgan fingerprint density at radius 3 is 2.62 bits per heavy atom. The normalized spacial score (nSPS) is 10.6. The maximum atomic E-state index is 11.6. The van der Waals surface area contributed by atoms with Crippen molar-refractivity contribution in [1.82, 2.24) is 0 Å². The van der Waals surface area contributed by atoms with Crippen molar-refractivity contribution in [2.75, 3.05) is 0 Å². The highest BCUT2D eigenvalue weighted by molar-refractivity contribution is 7.17. The van der Waals surface area contributed by atoms with E-state index in [1.54, 1.807) is 11.3 Å². The lowest BCUT2D eigenvalue weighted by Gasteiger charge is -1.82. The molecule has 2 heteroatoms. The second kappa shape index (κ2) is 2.96. The van der Waals surface area contributed by atoms with Crippen molar-refractivity contribution in [3.05, 3.63) is 44.9 Å². The molecule has 0 spiro atoms. The molecule has 13 heavy (non-hydrogen) atoms. The summed E-state index contributed by atoms with van der Waals surface area (Å²) in [4.78, 5) is 11.6.